The number of carbonyl (C=O) groups excluding carboxylic acids is 2. The molecule has 0 aliphatic carbocycles. The average molecular weight is 438 g/mol. The molecule has 0 spiro atoms. The lowest BCUT2D eigenvalue weighted by molar-refractivity contribution is 0.101. The normalized spacial score (nSPS) is 10.5. The van der Waals surface area contributed by atoms with Gasteiger partial charge in [-0.1, -0.05) is 17.4 Å². The van der Waals surface area contributed by atoms with Gasteiger partial charge in [0.15, 0.2) is 10.8 Å². The summed E-state index contributed by atoms with van der Waals surface area (Å²) in [5.74, 6) is 0.668. The van der Waals surface area contributed by atoms with E-state index in [-0.39, 0.29) is 12.4 Å². The van der Waals surface area contributed by atoms with Crippen LogP contribution < -0.4 is 10.1 Å². The van der Waals surface area contributed by atoms with Crippen LogP contribution in [0, 0.1) is 19.4 Å². The lowest BCUT2D eigenvalue weighted by Gasteiger charge is -2.17. The lowest BCUT2D eigenvalue weighted by Crippen LogP contribution is -2.27. The van der Waals surface area contributed by atoms with Gasteiger partial charge >= 0.3 is 6.03 Å². The summed E-state index contributed by atoms with van der Waals surface area (Å²) < 4.78 is 6.05. The number of thiazole rings is 1. The quantitative estimate of drug-likeness (QED) is 0.284. The summed E-state index contributed by atoms with van der Waals surface area (Å²) in [6, 6.07) is 10.8. The van der Waals surface area contributed by atoms with Gasteiger partial charge < -0.3 is 10.1 Å². The van der Waals surface area contributed by atoms with Crippen LogP contribution in [0.4, 0.5) is 10.5 Å². The lowest BCUT2D eigenvalue weighted by atomic mass is 10.1. The number of ketones is 1. The van der Waals surface area contributed by atoms with Crippen LogP contribution in [0.2, 0.25) is 0 Å². The van der Waals surface area contributed by atoms with E-state index in [9.17, 15) is 9.59 Å². The number of hydrogen-bond donors (Lipinski definition) is 2. The Labute approximate surface area is 184 Å². The summed E-state index contributed by atoms with van der Waals surface area (Å²) >= 11 is 1.33. The van der Waals surface area contributed by atoms with Crippen molar-refractivity contribution in [1.29, 1.82) is 5.53 Å². The summed E-state index contributed by atoms with van der Waals surface area (Å²) in [6.45, 7) is 5.65. The second-order valence-electron chi connectivity index (χ2n) is 7.02. The topological polar surface area (TPSA) is 108 Å². The molecule has 9 heteroatoms. The fraction of sp³-hybridized carbons (Fsp3) is 0.227. The Bertz CT molecular complexity index is 1140. The number of ether oxygens (including phenoxy) is 1. The molecule has 3 rings (SSSR count). The molecule has 0 radical (unpaired) electrons. The molecule has 1 heterocycles. The molecule has 3 aromatic rings. The number of hydrogen-bond acceptors (Lipinski definition) is 7. The zero-order valence-corrected chi connectivity index (χ0v) is 18.5. The highest BCUT2D eigenvalue weighted by Gasteiger charge is 2.14. The summed E-state index contributed by atoms with van der Waals surface area (Å²) in [5, 5.41) is 9.13. The number of aromatic nitrogens is 1. The molecule has 0 bridgehead atoms. The number of carbonyl (C=O) groups is 2. The highest BCUT2D eigenvalue weighted by atomic mass is 32.1. The van der Waals surface area contributed by atoms with E-state index in [4.69, 9.17) is 10.3 Å². The van der Waals surface area contributed by atoms with Gasteiger partial charge in [0.25, 0.3) is 0 Å². The van der Waals surface area contributed by atoms with Gasteiger partial charge in [-0.25, -0.2) is 9.78 Å². The zero-order valence-electron chi connectivity index (χ0n) is 17.7. The summed E-state index contributed by atoms with van der Waals surface area (Å²) in [5.41, 5.74) is 12.0. The Morgan fingerprint density at radius 1 is 1.23 bits per heavy atom. The average Bonchev–Trinajstić information content (AvgIpc) is 3.24. The molecule has 2 amide bonds. The fourth-order valence-corrected chi connectivity index (χ4v) is 3.67. The molecule has 0 atom stereocenters. The van der Waals surface area contributed by atoms with Crippen LogP contribution in [-0.2, 0) is 6.61 Å². The Balaban J connectivity index is 1.77. The minimum Gasteiger partial charge on any atom is -0.489 e. The first kappa shape index (κ1) is 22.1. The SMILES string of the molecule is CC(=O)c1nc(-c2ccc(OCc3c(C)cccc3NC(=O)N(C)N=N)c(C)c2)cs1. The third kappa shape index (κ3) is 5.13. The molecule has 0 aliphatic heterocycles. The van der Waals surface area contributed by atoms with Crippen molar-refractivity contribution < 1.29 is 14.3 Å². The zero-order chi connectivity index (χ0) is 22.5. The molecular formula is C22H23N5O3S. The molecule has 0 unspecified atom stereocenters. The van der Waals surface area contributed by atoms with E-state index in [1.807, 2.05) is 49.6 Å². The third-order valence-electron chi connectivity index (χ3n) is 4.74. The standard InChI is InChI=1S/C22H23N5O3S/c1-13-6-5-7-18(25-22(29)27(4)26-23)17(13)11-30-20-9-8-16(10-14(20)2)19-12-31-21(24-19)15(3)28/h5-10,12,23H,11H2,1-4H3,(H,25,29). The first-order valence-corrected chi connectivity index (χ1v) is 10.4. The molecule has 1 aromatic heterocycles. The Hall–Kier alpha value is -3.59. The van der Waals surface area contributed by atoms with E-state index < -0.39 is 6.03 Å². The molecule has 0 aliphatic rings. The van der Waals surface area contributed by atoms with Crippen molar-refractivity contribution in [3.63, 3.8) is 0 Å². The van der Waals surface area contributed by atoms with Crippen LogP contribution in [0.3, 0.4) is 0 Å². The maximum atomic E-state index is 12.1. The predicted octanol–water partition coefficient (Wildman–Crippen LogP) is 5.62. The van der Waals surface area contributed by atoms with Gasteiger partial charge in [0.05, 0.1) is 5.69 Å². The van der Waals surface area contributed by atoms with Crippen LogP contribution in [0.15, 0.2) is 47.0 Å². The third-order valence-corrected chi connectivity index (χ3v) is 5.69. The number of rotatable bonds is 7. The van der Waals surface area contributed by atoms with Gasteiger partial charge in [0.1, 0.15) is 12.4 Å². The number of urea groups is 1. The first-order valence-electron chi connectivity index (χ1n) is 9.51. The number of nitrogens with one attached hydrogen (secondary N) is 2. The molecule has 31 heavy (non-hydrogen) atoms. The summed E-state index contributed by atoms with van der Waals surface area (Å²) in [4.78, 5) is 28.0. The Kier molecular flexibility index (Phi) is 6.76. The fourth-order valence-electron chi connectivity index (χ4n) is 2.94. The van der Waals surface area contributed by atoms with Crippen LogP contribution in [-0.4, -0.2) is 28.9 Å². The number of anilines is 1. The van der Waals surface area contributed by atoms with E-state index in [0.717, 1.165) is 33.0 Å². The first-order chi connectivity index (χ1) is 14.8. The molecule has 0 fully saturated rings. The van der Waals surface area contributed by atoms with Crippen LogP contribution in [0.25, 0.3) is 11.3 Å². The minimum absolute atomic E-state index is 0.0448. The minimum atomic E-state index is -0.504. The Morgan fingerprint density at radius 2 is 2.00 bits per heavy atom. The van der Waals surface area contributed by atoms with Crippen molar-refractivity contribution in [3.05, 3.63) is 63.5 Å². The summed E-state index contributed by atoms with van der Waals surface area (Å²) in [6.07, 6.45) is 0. The van der Waals surface area contributed by atoms with Gasteiger partial charge in [-0.15, -0.1) is 11.3 Å². The van der Waals surface area contributed by atoms with Crippen LogP contribution in [0.1, 0.15) is 33.4 Å². The van der Waals surface area contributed by atoms with Gasteiger partial charge in [-0.2, -0.15) is 10.5 Å². The maximum absolute atomic E-state index is 12.1. The largest absolute Gasteiger partial charge is 0.489 e. The predicted molar refractivity (Wildman–Crippen MR) is 120 cm³/mol. The van der Waals surface area contributed by atoms with Crippen LogP contribution >= 0.6 is 11.3 Å². The second kappa shape index (κ2) is 9.48. The molecule has 8 nitrogen and oxygen atoms in total. The molecule has 160 valence electrons. The highest BCUT2D eigenvalue weighted by Crippen LogP contribution is 2.29. The van der Waals surface area contributed by atoms with E-state index in [1.54, 1.807) is 6.07 Å². The van der Waals surface area contributed by atoms with Crippen molar-refractivity contribution in [2.24, 2.45) is 5.22 Å². The summed E-state index contributed by atoms with van der Waals surface area (Å²) in [7, 11) is 1.40. The monoisotopic (exact) mass is 437 g/mol. The van der Waals surface area contributed by atoms with Gasteiger partial charge in [-0.05, 0) is 49.2 Å². The van der Waals surface area contributed by atoms with E-state index in [0.29, 0.717) is 16.4 Å². The van der Waals surface area contributed by atoms with Gasteiger partial charge in [0, 0.05) is 36.2 Å². The maximum Gasteiger partial charge on any atom is 0.343 e. The van der Waals surface area contributed by atoms with E-state index >= 15 is 0 Å². The molecule has 2 aromatic carbocycles. The van der Waals surface area contributed by atoms with Gasteiger partial charge in [-0.3, -0.25) is 4.79 Å². The molecular weight excluding hydrogens is 414 g/mol. The number of benzene rings is 2. The second-order valence-corrected chi connectivity index (χ2v) is 7.88. The number of amides is 2. The van der Waals surface area contributed by atoms with Crippen molar-refractivity contribution in [2.45, 2.75) is 27.4 Å². The Morgan fingerprint density at radius 3 is 2.65 bits per heavy atom. The number of aryl methyl sites for hydroxylation is 2. The smallest absolute Gasteiger partial charge is 0.343 e. The molecule has 0 saturated heterocycles. The number of Topliss-reactive ketones (excluding diaryl/α,β-unsaturated/α-hetero) is 1. The van der Waals surface area contributed by atoms with Crippen molar-refractivity contribution >= 4 is 28.8 Å². The molecule has 0 saturated carbocycles. The van der Waals surface area contributed by atoms with Gasteiger partial charge in [0.2, 0.25) is 0 Å². The van der Waals surface area contributed by atoms with Crippen molar-refractivity contribution in [1.82, 2.24) is 9.99 Å². The molecule has 2 N–H and O–H groups in total. The van der Waals surface area contributed by atoms with Crippen LogP contribution in [0.5, 0.6) is 5.75 Å². The van der Waals surface area contributed by atoms with E-state index in [1.165, 1.54) is 25.3 Å². The van der Waals surface area contributed by atoms with E-state index in [2.05, 4.69) is 15.5 Å². The highest BCUT2D eigenvalue weighted by molar-refractivity contribution is 7.12. The number of nitrogens with zero attached hydrogens (tertiary/aromatic N) is 3. The van der Waals surface area contributed by atoms with Crippen molar-refractivity contribution in [2.75, 3.05) is 12.4 Å². The van der Waals surface area contributed by atoms with Crippen molar-refractivity contribution in [3.8, 4) is 17.0 Å².